The van der Waals surface area contributed by atoms with Crippen LogP contribution in [-0.2, 0) is 16.0 Å². The molecule has 0 N–H and O–H groups in total. The van der Waals surface area contributed by atoms with Gasteiger partial charge in [-0.3, -0.25) is 9.69 Å². The summed E-state index contributed by atoms with van der Waals surface area (Å²) in [5, 5.41) is 0. The van der Waals surface area contributed by atoms with E-state index in [1.807, 2.05) is 19.0 Å². The summed E-state index contributed by atoms with van der Waals surface area (Å²) in [4.78, 5) is 14.3. The molecule has 1 aromatic carbocycles. The molecule has 0 spiro atoms. The predicted molar refractivity (Wildman–Crippen MR) is 131 cm³/mol. The summed E-state index contributed by atoms with van der Waals surface area (Å²) < 4.78 is 12.2. The number of carbonyl (C=O) groups is 1. The summed E-state index contributed by atoms with van der Waals surface area (Å²) >= 11 is 0. The highest BCUT2D eigenvalue weighted by Gasteiger charge is 2.56. The van der Waals surface area contributed by atoms with E-state index in [-0.39, 0.29) is 17.5 Å². The number of benzene rings is 1. The van der Waals surface area contributed by atoms with Crippen molar-refractivity contribution in [3.63, 3.8) is 0 Å². The number of allylic oxidation sites excluding steroid dienone is 3. The molecule has 178 valence electrons. The maximum atomic E-state index is 12.4. The van der Waals surface area contributed by atoms with Crippen molar-refractivity contribution in [2.75, 3.05) is 27.2 Å². The standard InChI is InChI=1S/C29H39NO3/c1-29-16-15-24-23-12-10-22(32-19-20-7-5-4-6-8-20)17-21(23)9-11-25(24)26(29)13-14-27(29)33-28(31)18-30(2)3/h4-7,10,12,17,20,24-27H,8-9,11,13-16,18-19H2,1-3H3/t20?,24-,25-,26?,27-,29+/m1/s1. The molecule has 2 unspecified atom stereocenters. The highest BCUT2D eigenvalue weighted by atomic mass is 16.5. The number of likely N-dealkylation sites (N-methyl/N-ethyl adjacent to an activating group) is 1. The quantitative estimate of drug-likeness (QED) is 0.536. The topological polar surface area (TPSA) is 38.8 Å². The SMILES string of the molecule is CN(C)CC(=O)O[C@@H]1CCC2[C@@H]3CCc4cc(OCC5C=CC=CC5)ccc4[C@H]3CC[C@@]21C. The predicted octanol–water partition coefficient (Wildman–Crippen LogP) is 5.53. The Hall–Kier alpha value is -2.07. The summed E-state index contributed by atoms with van der Waals surface area (Å²) in [7, 11) is 3.85. The molecule has 1 aromatic rings. The van der Waals surface area contributed by atoms with Gasteiger partial charge in [-0.15, -0.1) is 0 Å². The van der Waals surface area contributed by atoms with E-state index in [0.29, 0.717) is 30.2 Å². The highest BCUT2D eigenvalue weighted by molar-refractivity contribution is 5.71. The largest absolute Gasteiger partial charge is 0.493 e. The van der Waals surface area contributed by atoms with E-state index in [1.165, 1.54) is 24.8 Å². The first-order chi connectivity index (χ1) is 15.9. The van der Waals surface area contributed by atoms with Gasteiger partial charge in [0.1, 0.15) is 11.9 Å². The van der Waals surface area contributed by atoms with Crippen LogP contribution >= 0.6 is 0 Å². The van der Waals surface area contributed by atoms with Gasteiger partial charge in [-0.1, -0.05) is 37.3 Å². The average Bonchev–Trinajstić information content (AvgIpc) is 3.13. The van der Waals surface area contributed by atoms with Crippen molar-refractivity contribution < 1.29 is 14.3 Å². The van der Waals surface area contributed by atoms with Crippen molar-refractivity contribution in [3.8, 4) is 5.75 Å². The molecule has 0 aliphatic heterocycles. The Bertz CT molecular complexity index is 935. The number of hydrogen-bond acceptors (Lipinski definition) is 4. The van der Waals surface area contributed by atoms with Gasteiger partial charge in [-0.05, 0) is 100 Å². The summed E-state index contributed by atoms with van der Waals surface area (Å²) in [5.74, 6) is 3.43. The molecule has 0 bridgehead atoms. The Balaban J connectivity index is 1.25. The van der Waals surface area contributed by atoms with Gasteiger partial charge in [-0.2, -0.15) is 0 Å². The monoisotopic (exact) mass is 449 g/mol. The van der Waals surface area contributed by atoms with E-state index in [1.54, 1.807) is 5.56 Å². The third-order valence-corrected chi connectivity index (χ3v) is 8.86. The Kier molecular flexibility index (Phi) is 6.39. The number of ether oxygens (including phenoxy) is 2. The van der Waals surface area contributed by atoms with Crippen LogP contribution in [0.25, 0.3) is 0 Å². The van der Waals surface area contributed by atoms with Crippen LogP contribution in [0.3, 0.4) is 0 Å². The van der Waals surface area contributed by atoms with E-state index in [9.17, 15) is 4.79 Å². The van der Waals surface area contributed by atoms with Crippen molar-refractivity contribution in [2.24, 2.45) is 23.2 Å². The molecule has 4 heteroatoms. The maximum absolute atomic E-state index is 12.4. The molecule has 0 aromatic heterocycles. The lowest BCUT2D eigenvalue weighted by Gasteiger charge is -2.50. The van der Waals surface area contributed by atoms with Gasteiger partial charge in [-0.25, -0.2) is 0 Å². The van der Waals surface area contributed by atoms with Crippen LogP contribution in [0.2, 0.25) is 0 Å². The smallest absolute Gasteiger partial charge is 0.320 e. The normalized spacial score (nSPS) is 34.5. The fraction of sp³-hybridized carbons (Fsp3) is 0.621. The van der Waals surface area contributed by atoms with Crippen LogP contribution in [-0.4, -0.2) is 44.2 Å². The van der Waals surface area contributed by atoms with Crippen molar-refractivity contribution in [2.45, 2.75) is 63.9 Å². The maximum Gasteiger partial charge on any atom is 0.320 e. The first-order valence-electron chi connectivity index (χ1n) is 12.9. The van der Waals surface area contributed by atoms with Crippen LogP contribution in [0, 0.1) is 23.2 Å². The molecule has 0 radical (unpaired) electrons. The van der Waals surface area contributed by atoms with Gasteiger partial charge in [0.15, 0.2) is 0 Å². The van der Waals surface area contributed by atoms with E-state index < -0.39 is 0 Å². The van der Waals surface area contributed by atoms with Gasteiger partial charge >= 0.3 is 5.97 Å². The summed E-state index contributed by atoms with van der Waals surface area (Å²) in [5.41, 5.74) is 3.17. The van der Waals surface area contributed by atoms with Gasteiger partial charge in [0, 0.05) is 11.3 Å². The van der Waals surface area contributed by atoms with Crippen molar-refractivity contribution in [3.05, 3.63) is 53.6 Å². The molecule has 0 saturated heterocycles. The zero-order valence-electron chi connectivity index (χ0n) is 20.5. The molecule has 2 saturated carbocycles. The Morgan fingerprint density at radius 1 is 1.15 bits per heavy atom. The molecule has 0 amide bonds. The van der Waals surface area contributed by atoms with Crippen LogP contribution in [0.1, 0.15) is 62.5 Å². The van der Waals surface area contributed by atoms with Crippen LogP contribution in [0.5, 0.6) is 5.75 Å². The van der Waals surface area contributed by atoms with Crippen molar-refractivity contribution in [1.82, 2.24) is 4.90 Å². The minimum absolute atomic E-state index is 0.0738. The lowest BCUT2D eigenvalue weighted by Crippen LogP contribution is -2.45. The number of carbonyl (C=O) groups excluding carboxylic acids is 1. The minimum Gasteiger partial charge on any atom is -0.493 e. The summed E-state index contributed by atoms with van der Waals surface area (Å²) in [6.45, 7) is 3.52. The third-order valence-electron chi connectivity index (χ3n) is 8.86. The second-order valence-corrected chi connectivity index (χ2v) is 11.2. The minimum atomic E-state index is -0.0738. The number of nitrogens with zero attached hydrogens (tertiary/aromatic N) is 1. The number of fused-ring (bicyclic) bond motifs is 5. The fourth-order valence-electron chi connectivity index (χ4n) is 7.21. The Labute approximate surface area is 199 Å². The van der Waals surface area contributed by atoms with Gasteiger partial charge in [0.05, 0.1) is 13.2 Å². The zero-order valence-corrected chi connectivity index (χ0v) is 20.5. The molecular weight excluding hydrogens is 410 g/mol. The molecule has 4 aliphatic rings. The number of aryl methyl sites for hydroxylation is 1. The molecule has 0 heterocycles. The zero-order chi connectivity index (χ0) is 23.0. The summed E-state index contributed by atoms with van der Waals surface area (Å²) in [6.07, 6.45) is 16.8. The lowest BCUT2D eigenvalue weighted by molar-refractivity contribution is -0.158. The highest BCUT2D eigenvalue weighted by Crippen LogP contribution is 2.61. The molecule has 4 nitrogen and oxygen atoms in total. The van der Waals surface area contributed by atoms with E-state index in [4.69, 9.17) is 9.47 Å². The molecule has 5 rings (SSSR count). The lowest BCUT2D eigenvalue weighted by atomic mass is 9.55. The first kappa shape index (κ1) is 22.7. The van der Waals surface area contributed by atoms with Gasteiger partial charge in [0.25, 0.3) is 0 Å². The molecule has 2 fully saturated rings. The van der Waals surface area contributed by atoms with Crippen molar-refractivity contribution in [1.29, 1.82) is 0 Å². The third kappa shape index (κ3) is 4.51. The van der Waals surface area contributed by atoms with E-state index >= 15 is 0 Å². The Morgan fingerprint density at radius 2 is 2.03 bits per heavy atom. The van der Waals surface area contributed by atoms with Crippen LogP contribution in [0.4, 0.5) is 0 Å². The Morgan fingerprint density at radius 3 is 2.82 bits per heavy atom. The van der Waals surface area contributed by atoms with E-state index in [0.717, 1.165) is 38.0 Å². The fourth-order valence-corrected chi connectivity index (χ4v) is 7.21. The van der Waals surface area contributed by atoms with E-state index in [2.05, 4.69) is 49.4 Å². The molecule has 33 heavy (non-hydrogen) atoms. The average molecular weight is 450 g/mol. The molecule has 6 atom stereocenters. The van der Waals surface area contributed by atoms with Crippen molar-refractivity contribution >= 4 is 5.97 Å². The van der Waals surface area contributed by atoms with Crippen LogP contribution in [0.15, 0.2) is 42.5 Å². The van der Waals surface area contributed by atoms with Crippen LogP contribution < -0.4 is 4.74 Å². The number of rotatable bonds is 6. The number of hydrogen-bond donors (Lipinski definition) is 0. The molecular formula is C29H39NO3. The number of esters is 1. The van der Waals surface area contributed by atoms with Gasteiger partial charge in [0.2, 0.25) is 0 Å². The second-order valence-electron chi connectivity index (χ2n) is 11.2. The van der Waals surface area contributed by atoms with Gasteiger partial charge < -0.3 is 9.47 Å². The second kappa shape index (κ2) is 9.29. The summed E-state index contributed by atoms with van der Waals surface area (Å²) in [6, 6.07) is 6.85. The first-order valence-corrected chi connectivity index (χ1v) is 12.9. The molecule has 4 aliphatic carbocycles.